The summed E-state index contributed by atoms with van der Waals surface area (Å²) in [6, 6.07) is 0. The number of morpholine rings is 1. The Labute approximate surface area is 120 Å². The Morgan fingerprint density at radius 2 is 2.30 bits per heavy atom. The minimum absolute atomic E-state index is 0.0300. The molecule has 1 fully saturated rings. The fourth-order valence-corrected chi connectivity index (χ4v) is 2.50. The van der Waals surface area contributed by atoms with Crippen LogP contribution in [0.3, 0.4) is 0 Å². The van der Waals surface area contributed by atoms with Crippen molar-refractivity contribution in [1.82, 2.24) is 10.2 Å². The van der Waals surface area contributed by atoms with Gasteiger partial charge in [0, 0.05) is 37.3 Å². The quantitative estimate of drug-likeness (QED) is 0.776. The number of allylic oxidation sites excluding steroid dienone is 2. The molecule has 1 heterocycles. The average molecular weight is 274 g/mol. The molecule has 20 heavy (non-hydrogen) atoms. The van der Waals surface area contributed by atoms with E-state index < -0.39 is 0 Å². The van der Waals surface area contributed by atoms with Crippen LogP contribution in [-0.4, -0.2) is 50.2 Å². The van der Waals surface area contributed by atoms with Crippen LogP contribution in [0.2, 0.25) is 0 Å². The van der Waals surface area contributed by atoms with Crippen LogP contribution in [0.15, 0.2) is 23.3 Å². The van der Waals surface area contributed by atoms with Crippen LogP contribution >= 0.6 is 0 Å². The lowest BCUT2D eigenvalue weighted by atomic mass is 9.91. The Morgan fingerprint density at radius 3 is 3.00 bits per heavy atom. The van der Waals surface area contributed by atoms with Gasteiger partial charge in [0.25, 0.3) is 5.91 Å². The monoisotopic (exact) mass is 274 g/mol. The lowest BCUT2D eigenvalue weighted by Crippen LogP contribution is -2.41. The van der Waals surface area contributed by atoms with Gasteiger partial charge in [-0.25, -0.2) is 0 Å². The van der Waals surface area contributed by atoms with Gasteiger partial charge < -0.3 is 10.1 Å². The molecule has 1 aliphatic heterocycles. The van der Waals surface area contributed by atoms with Crippen LogP contribution in [0.25, 0.3) is 0 Å². The largest absolute Gasteiger partial charge is 0.379 e. The third kappa shape index (κ3) is 4.22. The summed E-state index contributed by atoms with van der Waals surface area (Å²) >= 11 is 0. The second kappa shape index (κ2) is 7.28. The predicted octanol–water partition coefficient (Wildman–Crippen LogP) is 0.961. The third-order valence-corrected chi connectivity index (χ3v) is 3.60. The van der Waals surface area contributed by atoms with Gasteiger partial charge >= 0.3 is 0 Å². The van der Waals surface area contributed by atoms with Gasteiger partial charge in [-0.15, -0.1) is 6.42 Å². The maximum Gasteiger partial charge on any atom is 0.251 e. The number of carbonyl (C=O) groups excluding carboxylic acids is 1. The van der Waals surface area contributed by atoms with Crippen molar-refractivity contribution in [3.8, 4) is 12.3 Å². The molecule has 4 heteroatoms. The predicted molar refractivity (Wildman–Crippen MR) is 79.0 cm³/mol. The summed E-state index contributed by atoms with van der Waals surface area (Å²) < 4.78 is 5.29. The van der Waals surface area contributed by atoms with Gasteiger partial charge in [0.05, 0.1) is 13.2 Å². The molecule has 1 saturated heterocycles. The molecule has 0 saturated carbocycles. The van der Waals surface area contributed by atoms with Crippen molar-refractivity contribution in [2.75, 3.05) is 39.4 Å². The number of amides is 1. The number of carbonyl (C=O) groups is 1. The van der Waals surface area contributed by atoms with Crippen molar-refractivity contribution in [2.45, 2.75) is 13.3 Å². The molecule has 0 aromatic carbocycles. The highest BCUT2D eigenvalue weighted by Crippen LogP contribution is 2.21. The summed E-state index contributed by atoms with van der Waals surface area (Å²) in [5.41, 5.74) is 1.59. The molecule has 1 N–H and O–H groups in total. The smallest absolute Gasteiger partial charge is 0.251 e. The van der Waals surface area contributed by atoms with Gasteiger partial charge in [-0.05, 0) is 18.4 Å². The molecule has 1 amide bonds. The summed E-state index contributed by atoms with van der Waals surface area (Å²) in [5.74, 6) is 2.94. The highest BCUT2D eigenvalue weighted by molar-refractivity contribution is 5.96. The van der Waals surface area contributed by atoms with Crippen LogP contribution < -0.4 is 5.32 Å². The molecule has 0 spiro atoms. The van der Waals surface area contributed by atoms with Crippen molar-refractivity contribution in [3.05, 3.63) is 23.3 Å². The number of hydrogen-bond acceptors (Lipinski definition) is 3. The molecule has 0 radical (unpaired) electrons. The zero-order valence-electron chi connectivity index (χ0n) is 12.0. The lowest BCUT2D eigenvalue weighted by molar-refractivity contribution is -0.117. The first-order valence-electron chi connectivity index (χ1n) is 7.16. The standard InChI is InChI=1S/C16H22N2O2/c1-3-14-10-13(2)11-15(12-14)16(19)17-4-5-18-6-8-20-9-7-18/h1,11-13H,4-10H2,2H3,(H,17,19). The fourth-order valence-electron chi connectivity index (χ4n) is 2.50. The van der Waals surface area contributed by atoms with Gasteiger partial charge in [-0.2, -0.15) is 0 Å². The fraction of sp³-hybridized carbons (Fsp3) is 0.562. The minimum atomic E-state index is -0.0300. The Morgan fingerprint density at radius 1 is 1.55 bits per heavy atom. The van der Waals surface area contributed by atoms with E-state index in [0.717, 1.165) is 44.8 Å². The molecule has 1 aliphatic carbocycles. The maximum atomic E-state index is 12.1. The SMILES string of the molecule is C#CC1=CC(C(=O)NCCN2CCOCC2)=CC(C)C1. The summed E-state index contributed by atoms with van der Waals surface area (Å²) in [6.45, 7) is 7.04. The van der Waals surface area contributed by atoms with E-state index in [2.05, 4.69) is 23.1 Å². The van der Waals surface area contributed by atoms with E-state index in [1.54, 1.807) is 0 Å². The Bertz CT molecular complexity index is 454. The van der Waals surface area contributed by atoms with E-state index in [1.165, 1.54) is 0 Å². The highest BCUT2D eigenvalue weighted by Gasteiger charge is 2.16. The maximum absolute atomic E-state index is 12.1. The molecule has 2 aliphatic rings. The van der Waals surface area contributed by atoms with Crippen molar-refractivity contribution >= 4 is 5.91 Å². The zero-order chi connectivity index (χ0) is 14.4. The number of nitrogens with zero attached hydrogens (tertiary/aromatic N) is 1. The first-order chi connectivity index (χ1) is 9.69. The number of ether oxygens (including phenoxy) is 1. The molecule has 0 bridgehead atoms. The van der Waals surface area contributed by atoms with Gasteiger partial charge in [0.2, 0.25) is 0 Å². The molecular weight excluding hydrogens is 252 g/mol. The molecule has 1 unspecified atom stereocenters. The molecular formula is C16H22N2O2. The average Bonchev–Trinajstić information content (AvgIpc) is 2.47. The van der Waals surface area contributed by atoms with Gasteiger partial charge in [-0.3, -0.25) is 9.69 Å². The Kier molecular flexibility index (Phi) is 5.40. The molecule has 4 nitrogen and oxygen atoms in total. The third-order valence-electron chi connectivity index (χ3n) is 3.60. The molecule has 0 aromatic rings. The van der Waals surface area contributed by atoms with Crippen LogP contribution in [0.5, 0.6) is 0 Å². The van der Waals surface area contributed by atoms with Crippen molar-refractivity contribution in [3.63, 3.8) is 0 Å². The number of hydrogen-bond donors (Lipinski definition) is 1. The Balaban J connectivity index is 1.79. The van der Waals surface area contributed by atoms with Crippen LogP contribution in [0.4, 0.5) is 0 Å². The van der Waals surface area contributed by atoms with E-state index in [1.807, 2.05) is 12.2 Å². The number of nitrogens with one attached hydrogen (secondary N) is 1. The topological polar surface area (TPSA) is 41.6 Å². The summed E-state index contributed by atoms with van der Waals surface area (Å²) in [7, 11) is 0. The first kappa shape index (κ1) is 14.8. The number of rotatable bonds is 4. The van der Waals surface area contributed by atoms with Crippen LogP contribution in [-0.2, 0) is 9.53 Å². The summed E-state index contributed by atoms with van der Waals surface area (Å²) in [4.78, 5) is 14.4. The van der Waals surface area contributed by atoms with Crippen molar-refractivity contribution < 1.29 is 9.53 Å². The van der Waals surface area contributed by atoms with E-state index in [9.17, 15) is 4.79 Å². The first-order valence-corrected chi connectivity index (χ1v) is 7.16. The minimum Gasteiger partial charge on any atom is -0.379 e. The van der Waals surface area contributed by atoms with Gasteiger partial charge in [0.15, 0.2) is 0 Å². The van der Waals surface area contributed by atoms with E-state index in [4.69, 9.17) is 11.2 Å². The van der Waals surface area contributed by atoms with E-state index >= 15 is 0 Å². The normalized spacial score (nSPS) is 23.5. The second-order valence-corrected chi connectivity index (χ2v) is 5.33. The second-order valence-electron chi connectivity index (χ2n) is 5.33. The van der Waals surface area contributed by atoms with Crippen molar-refractivity contribution in [1.29, 1.82) is 0 Å². The van der Waals surface area contributed by atoms with Crippen LogP contribution in [0, 0.1) is 18.3 Å². The highest BCUT2D eigenvalue weighted by atomic mass is 16.5. The number of terminal acetylenes is 1. The molecule has 1 atom stereocenters. The van der Waals surface area contributed by atoms with Gasteiger partial charge in [-0.1, -0.05) is 18.9 Å². The zero-order valence-corrected chi connectivity index (χ0v) is 12.0. The van der Waals surface area contributed by atoms with Gasteiger partial charge in [0.1, 0.15) is 0 Å². The van der Waals surface area contributed by atoms with E-state index in [0.29, 0.717) is 18.0 Å². The van der Waals surface area contributed by atoms with Crippen LogP contribution in [0.1, 0.15) is 13.3 Å². The molecule has 108 valence electrons. The van der Waals surface area contributed by atoms with Crippen molar-refractivity contribution in [2.24, 2.45) is 5.92 Å². The summed E-state index contributed by atoms with van der Waals surface area (Å²) in [5, 5.41) is 2.96. The van der Waals surface area contributed by atoms with E-state index in [-0.39, 0.29) is 5.91 Å². The molecule has 2 rings (SSSR count). The Hall–Kier alpha value is -1.57. The molecule has 0 aromatic heterocycles. The summed E-state index contributed by atoms with van der Waals surface area (Å²) in [6.07, 6.45) is 10.1. The lowest BCUT2D eigenvalue weighted by Gasteiger charge is -2.26.